The van der Waals surface area contributed by atoms with Crippen LogP contribution < -0.4 is 0 Å². The molecule has 0 radical (unpaired) electrons. The molecule has 0 amide bonds. The largest absolute Gasteiger partial charge is 0.241 e. The van der Waals surface area contributed by atoms with Gasteiger partial charge in [-0.3, -0.25) is 0 Å². The molecule has 1 aromatic carbocycles. The second kappa shape index (κ2) is 6.65. The lowest BCUT2D eigenvalue weighted by atomic mass is 10.1. The number of nitrogens with zero attached hydrogens (tertiary/aromatic N) is 1. The van der Waals surface area contributed by atoms with E-state index in [1.54, 1.807) is 24.9 Å². The lowest BCUT2D eigenvalue weighted by Gasteiger charge is -2.03. The van der Waals surface area contributed by atoms with E-state index in [9.17, 15) is 22.0 Å². The van der Waals surface area contributed by atoms with Crippen LogP contribution in [0.5, 0.6) is 0 Å². The molecule has 1 rings (SSSR count). The van der Waals surface area contributed by atoms with Gasteiger partial charge >= 0.3 is 0 Å². The molecular weight excluding hydrogens is 301 g/mol. The first-order valence-corrected chi connectivity index (χ1v) is 5.70. The van der Waals surface area contributed by atoms with Crippen molar-refractivity contribution in [2.24, 2.45) is 0 Å². The van der Waals surface area contributed by atoms with Crippen molar-refractivity contribution in [1.29, 1.82) is 0 Å². The SMILES string of the molecule is C[N+](C)=C/C=C(Cl)/C=C/c1c(F)c(F)c(F)c(F)c1F. The average molecular weight is 311 g/mol. The molecule has 1 nitrogen and oxygen atoms in total. The summed E-state index contributed by atoms with van der Waals surface area (Å²) in [5.41, 5.74) is -1.04. The van der Waals surface area contributed by atoms with Crippen LogP contribution in [0.2, 0.25) is 0 Å². The van der Waals surface area contributed by atoms with Crippen molar-refractivity contribution in [3.05, 3.63) is 51.8 Å². The van der Waals surface area contributed by atoms with Crippen LogP contribution >= 0.6 is 11.6 Å². The first-order valence-electron chi connectivity index (χ1n) is 5.32. The van der Waals surface area contributed by atoms with Crippen LogP contribution in [0, 0.1) is 29.1 Å². The molecule has 0 atom stereocenters. The molecule has 0 aliphatic heterocycles. The van der Waals surface area contributed by atoms with Crippen molar-refractivity contribution in [1.82, 2.24) is 0 Å². The van der Waals surface area contributed by atoms with Gasteiger partial charge in [-0.2, -0.15) is 0 Å². The second-order valence-electron chi connectivity index (χ2n) is 3.98. The fourth-order valence-corrected chi connectivity index (χ4v) is 1.33. The van der Waals surface area contributed by atoms with Gasteiger partial charge in [-0.05, 0) is 12.2 Å². The van der Waals surface area contributed by atoms with Gasteiger partial charge < -0.3 is 0 Å². The van der Waals surface area contributed by atoms with Crippen molar-refractivity contribution in [3.8, 4) is 0 Å². The van der Waals surface area contributed by atoms with Gasteiger partial charge in [-0.1, -0.05) is 11.6 Å². The van der Waals surface area contributed by atoms with Gasteiger partial charge in [0.25, 0.3) is 0 Å². The molecule has 20 heavy (non-hydrogen) atoms. The van der Waals surface area contributed by atoms with E-state index in [-0.39, 0.29) is 5.03 Å². The van der Waals surface area contributed by atoms with Gasteiger partial charge in [0.05, 0.1) is 5.56 Å². The summed E-state index contributed by atoms with van der Waals surface area (Å²) in [6.07, 6.45) is 4.69. The first kappa shape index (κ1) is 16.4. The summed E-state index contributed by atoms with van der Waals surface area (Å²) in [4.78, 5) is 0. The highest BCUT2D eigenvalue weighted by molar-refractivity contribution is 6.32. The standard InChI is InChI=1S/C13H10ClF5N/c1-20(2)6-5-7(14)3-4-8-9(15)11(17)13(19)12(18)10(8)16/h3-6H,1-2H3/q+1/b4-3+,7-5-. The summed E-state index contributed by atoms with van der Waals surface area (Å²) in [6.45, 7) is 0. The molecule has 0 heterocycles. The predicted molar refractivity (Wildman–Crippen MR) is 67.4 cm³/mol. The van der Waals surface area contributed by atoms with Crippen molar-refractivity contribution in [2.45, 2.75) is 0 Å². The van der Waals surface area contributed by atoms with Gasteiger partial charge in [-0.15, -0.1) is 0 Å². The minimum absolute atomic E-state index is 0.0580. The molecule has 0 unspecified atom stereocenters. The molecule has 0 saturated carbocycles. The summed E-state index contributed by atoms with van der Waals surface area (Å²) in [7, 11) is 3.43. The Kier molecular flexibility index (Phi) is 5.44. The van der Waals surface area contributed by atoms with Gasteiger partial charge in [0.15, 0.2) is 29.5 Å². The number of allylic oxidation sites excluding steroid dienone is 3. The van der Waals surface area contributed by atoms with Crippen LogP contribution in [-0.4, -0.2) is 24.9 Å². The Morgan fingerprint density at radius 3 is 1.80 bits per heavy atom. The molecule has 0 saturated heterocycles. The van der Waals surface area contributed by atoms with E-state index in [4.69, 9.17) is 11.6 Å². The van der Waals surface area contributed by atoms with E-state index >= 15 is 0 Å². The Morgan fingerprint density at radius 2 is 1.35 bits per heavy atom. The van der Waals surface area contributed by atoms with Crippen LogP contribution in [0.3, 0.4) is 0 Å². The van der Waals surface area contributed by atoms with Gasteiger partial charge in [0, 0.05) is 11.1 Å². The number of halogens is 6. The van der Waals surface area contributed by atoms with E-state index in [0.29, 0.717) is 0 Å². The fraction of sp³-hybridized carbons (Fsp3) is 0.154. The van der Waals surface area contributed by atoms with Gasteiger partial charge in [-0.25, -0.2) is 26.5 Å². The highest BCUT2D eigenvalue weighted by Crippen LogP contribution is 2.24. The molecule has 1 aromatic rings. The molecule has 0 aromatic heterocycles. The van der Waals surface area contributed by atoms with E-state index in [1.165, 1.54) is 6.08 Å². The lowest BCUT2D eigenvalue weighted by Crippen LogP contribution is -2.03. The minimum Gasteiger partial charge on any atom is -0.241 e. The average Bonchev–Trinajstić information content (AvgIpc) is 2.40. The predicted octanol–water partition coefficient (Wildman–Crippen LogP) is 3.86. The molecule has 0 N–H and O–H groups in total. The summed E-state index contributed by atoms with van der Waals surface area (Å²) >= 11 is 5.70. The molecule has 0 aliphatic rings. The Labute approximate surface area is 117 Å². The van der Waals surface area contributed by atoms with Crippen LogP contribution in [-0.2, 0) is 0 Å². The van der Waals surface area contributed by atoms with Crippen molar-refractivity contribution in [3.63, 3.8) is 0 Å². The molecule has 0 aliphatic carbocycles. The lowest BCUT2D eigenvalue weighted by molar-refractivity contribution is -0.458. The summed E-state index contributed by atoms with van der Waals surface area (Å²) < 4.78 is 66.9. The minimum atomic E-state index is -2.19. The molecule has 0 spiro atoms. The van der Waals surface area contributed by atoms with E-state index < -0.39 is 34.6 Å². The summed E-state index contributed by atoms with van der Waals surface area (Å²) in [5, 5.41) is 0.0580. The zero-order valence-electron chi connectivity index (χ0n) is 10.5. The monoisotopic (exact) mass is 310 g/mol. The fourth-order valence-electron chi connectivity index (χ4n) is 1.21. The Bertz CT molecular complexity index is 587. The number of rotatable bonds is 3. The summed E-state index contributed by atoms with van der Waals surface area (Å²) in [5.74, 6) is -10.00. The molecule has 7 heteroatoms. The second-order valence-corrected chi connectivity index (χ2v) is 4.42. The number of hydrogen-bond donors (Lipinski definition) is 0. The summed E-state index contributed by atoms with van der Waals surface area (Å²) in [6, 6.07) is 0. The Hall–Kier alpha value is -1.69. The normalized spacial score (nSPS) is 12.1. The molecular formula is C13H10ClF5N+. The van der Waals surface area contributed by atoms with Gasteiger partial charge in [0.2, 0.25) is 5.82 Å². The molecule has 0 fully saturated rings. The third-order valence-electron chi connectivity index (χ3n) is 2.18. The zero-order chi connectivity index (χ0) is 15.4. The molecule has 0 bridgehead atoms. The number of hydrogen-bond acceptors (Lipinski definition) is 0. The van der Waals surface area contributed by atoms with Crippen LogP contribution in [0.25, 0.3) is 6.08 Å². The highest BCUT2D eigenvalue weighted by Gasteiger charge is 2.24. The maximum Gasteiger partial charge on any atom is 0.200 e. The first-order chi connectivity index (χ1) is 9.25. The highest BCUT2D eigenvalue weighted by atomic mass is 35.5. The third kappa shape index (κ3) is 3.66. The van der Waals surface area contributed by atoms with E-state index in [1.807, 2.05) is 0 Å². The Balaban J connectivity index is 3.23. The van der Waals surface area contributed by atoms with Crippen molar-refractivity contribution >= 4 is 23.9 Å². The van der Waals surface area contributed by atoms with Crippen LogP contribution in [0.4, 0.5) is 22.0 Å². The number of benzene rings is 1. The van der Waals surface area contributed by atoms with Crippen molar-refractivity contribution < 1.29 is 26.5 Å². The topological polar surface area (TPSA) is 3.01 Å². The smallest absolute Gasteiger partial charge is 0.200 e. The van der Waals surface area contributed by atoms with Crippen LogP contribution in [0.15, 0.2) is 17.2 Å². The quantitative estimate of drug-likeness (QED) is 0.199. The van der Waals surface area contributed by atoms with E-state index in [2.05, 4.69) is 0 Å². The third-order valence-corrected chi connectivity index (χ3v) is 2.44. The Morgan fingerprint density at radius 1 is 0.900 bits per heavy atom. The zero-order valence-corrected chi connectivity index (χ0v) is 11.3. The van der Waals surface area contributed by atoms with Gasteiger partial charge in [0.1, 0.15) is 14.1 Å². The van der Waals surface area contributed by atoms with Crippen molar-refractivity contribution in [2.75, 3.05) is 14.1 Å². The van der Waals surface area contributed by atoms with Crippen LogP contribution in [0.1, 0.15) is 5.56 Å². The van der Waals surface area contributed by atoms with E-state index in [0.717, 1.165) is 12.2 Å². The maximum absolute atomic E-state index is 13.3. The maximum atomic E-state index is 13.3. The molecule has 108 valence electrons.